The van der Waals surface area contributed by atoms with Crippen LogP contribution in [-0.4, -0.2) is 64.8 Å². The summed E-state index contributed by atoms with van der Waals surface area (Å²) in [7, 11) is 0. The topological polar surface area (TPSA) is 87.2 Å². The molecule has 1 N–H and O–H groups in total. The van der Waals surface area contributed by atoms with E-state index in [4.69, 9.17) is 16.3 Å². The van der Waals surface area contributed by atoms with Gasteiger partial charge in [0.2, 0.25) is 5.91 Å². The van der Waals surface area contributed by atoms with Crippen molar-refractivity contribution in [2.45, 2.75) is 0 Å². The Morgan fingerprint density at radius 3 is 2.72 bits per heavy atom. The first kappa shape index (κ1) is 17.8. The van der Waals surface area contributed by atoms with E-state index in [1.807, 2.05) is 0 Å². The quantitative estimate of drug-likeness (QED) is 0.804. The van der Waals surface area contributed by atoms with Crippen molar-refractivity contribution < 1.29 is 24.2 Å². The smallest absolute Gasteiger partial charge is 0.294 e. The van der Waals surface area contributed by atoms with E-state index >= 15 is 0 Å². The molecular formula is C16H15ClN2O5S. The van der Waals surface area contributed by atoms with E-state index in [0.717, 1.165) is 16.7 Å². The van der Waals surface area contributed by atoms with Gasteiger partial charge in [0, 0.05) is 13.1 Å². The molecule has 2 saturated heterocycles. The predicted octanol–water partition coefficient (Wildman–Crippen LogP) is 1.94. The fraction of sp³-hybridized carbons (Fsp3) is 0.312. The van der Waals surface area contributed by atoms with Crippen molar-refractivity contribution >= 4 is 46.5 Å². The number of nitrogens with zero attached hydrogens (tertiary/aromatic N) is 2. The number of imide groups is 1. The summed E-state index contributed by atoms with van der Waals surface area (Å²) in [5.41, 5.74) is 0.577. The lowest BCUT2D eigenvalue weighted by Gasteiger charge is -2.28. The third-order valence-electron chi connectivity index (χ3n) is 3.80. The normalized spacial score (nSPS) is 19.8. The number of hydrogen-bond donors (Lipinski definition) is 1. The minimum atomic E-state index is -0.513. The maximum Gasteiger partial charge on any atom is 0.294 e. The molecule has 1 aromatic rings. The second kappa shape index (κ2) is 7.47. The van der Waals surface area contributed by atoms with Crippen LogP contribution in [0, 0.1) is 0 Å². The molecule has 0 radical (unpaired) electrons. The predicted molar refractivity (Wildman–Crippen MR) is 93.2 cm³/mol. The Morgan fingerprint density at radius 2 is 2.04 bits per heavy atom. The highest BCUT2D eigenvalue weighted by molar-refractivity contribution is 8.18. The van der Waals surface area contributed by atoms with E-state index in [1.165, 1.54) is 18.2 Å². The highest BCUT2D eigenvalue weighted by atomic mass is 35.5. The van der Waals surface area contributed by atoms with Gasteiger partial charge in [0.15, 0.2) is 0 Å². The van der Waals surface area contributed by atoms with Gasteiger partial charge >= 0.3 is 0 Å². The third kappa shape index (κ3) is 3.97. The molecule has 0 unspecified atom stereocenters. The summed E-state index contributed by atoms with van der Waals surface area (Å²) in [6.07, 6.45) is 1.51. The molecule has 0 spiro atoms. The van der Waals surface area contributed by atoms with E-state index in [0.29, 0.717) is 31.9 Å². The van der Waals surface area contributed by atoms with Crippen LogP contribution in [0.1, 0.15) is 5.56 Å². The fourth-order valence-corrected chi connectivity index (χ4v) is 3.48. The van der Waals surface area contributed by atoms with Gasteiger partial charge in [0.1, 0.15) is 12.3 Å². The fourth-order valence-electron chi connectivity index (χ4n) is 2.45. The summed E-state index contributed by atoms with van der Waals surface area (Å²) < 4.78 is 5.18. The molecule has 2 aliphatic rings. The number of carbonyl (C=O) groups excluding carboxylic acids is 3. The lowest BCUT2D eigenvalue weighted by atomic mass is 10.2. The minimum absolute atomic E-state index is 0.0666. The monoisotopic (exact) mass is 382 g/mol. The zero-order valence-corrected chi connectivity index (χ0v) is 14.7. The van der Waals surface area contributed by atoms with Crippen molar-refractivity contribution in [3.05, 3.63) is 33.7 Å². The third-order valence-corrected chi connectivity index (χ3v) is 5.01. The van der Waals surface area contributed by atoms with Crippen molar-refractivity contribution in [3.63, 3.8) is 0 Å². The lowest BCUT2D eigenvalue weighted by molar-refractivity contribution is -0.139. The van der Waals surface area contributed by atoms with Crippen molar-refractivity contribution in [1.29, 1.82) is 0 Å². The Kier molecular flexibility index (Phi) is 5.31. The number of aromatic hydroxyl groups is 1. The first-order valence-corrected chi connectivity index (χ1v) is 8.74. The highest BCUT2D eigenvalue weighted by Crippen LogP contribution is 2.33. The highest BCUT2D eigenvalue weighted by Gasteiger charge is 2.37. The molecule has 2 heterocycles. The SMILES string of the molecule is O=C(CN1C(=O)S/C(=C\c2ccc(O)c(Cl)c2)C1=O)N1CCOCC1. The van der Waals surface area contributed by atoms with E-state index in [9.17, 15) is 19.5 Å². The molecule has 0 aromatic heterocycles. The number of benzene rings is 1. The van der Waals surface area contributed by atoms with Gasteiger partial charge in [-0.1, -0.05) is 17.7 Å². The first-order valence-electron chi connectivity index (χ1n) is 7.55. The Bertz CT molecular complexity index is 761. The number of halogens is 1. The molecule has 2 fully saturated rings. The Morgan fingerprint density at radius 1 is 1.32 bits per heavy atom. The molecule has 3 rings (SSSR count). The van der Waals surface area contributed by atoms with Gasteiger partial charge in [-0.25, -0.2) is 0 Å². The zero-order chi connectivity index (χ0) is 18.0. The maximum absolute atomic E-state index is 12.4. The second-order valence-electron chi connectivity index (χ2n) is 5.47. The number of phenolic OH excluding ortho intramolecular Hbond substituents is 1. The summed E-state index contributed by atoms with van der Waals surface area (Å²) in [4.78, 5) is 39.5. The summed E-state index contributed by atoms with van der Waals surface area (Å²) in [5.74, 6) is -0.858. The molecule has 1 aromatic carbocycles. The zero-order valence-electron chi connectivity index (χ0n) is 13.1. The molecule has 7 nitrogen and oxygen atoms in total. The number of phenols is 1. The van der Waals surface area contributed by atoms with Gasteiger partial charge in [-0.3, -0.25) is 19.3 Å². The van der Waals surface area contributed by atoms with E-state index < -0.39 is 11.1 Å². The van der Waals surface area contributed by atoms with Crippen molar-refractivity contribution in [2.24, 2.45) is 0 Å². The first-order chi connectivity index (χ1) is 12.0. The maximum atomic E-state index is 12.4. The van der Waals surface area contributed by atoms with Crippen molar-refractivity contribution in [1.82, 2.24) is 9.80 Å². The van der Waals surface area contributed by atoms with Crippen LogP contribution in [0.25, 0.3) is 6.08 Å². The van der Waals surface area contributed by atoms with E-state index in [-0.39, 0.29) is 28.1 Å². The molecule has 9 heteroatoms. The Balaban J connectivity index is 1.72. The largest absolute Gasteiger partial charge is 0.506 e. The van der Waals surface area contributed by atoms with Gasteiger partial charge in [-0.2, -0.15) is 0 Å². The minimum Gasteiger partial charge on any atom is -0.506 e. The van der Waals surface area contributed by atoms with Crippen LogP contribution in [0.2, 0.25) is 5.02 Å². The number of hydrogen-bond acceptors (Lipinski definition) is 6. The van der Waals surface area contributed by atoms with Crippen LogP contribution in [-0.2, 0) is 14.3 Å². The van der Waals surface area contributed by atoms with E-state index in [2.05, 4.69) is 0 Å². The summed E-state index contributed by atoms with van der Waals surface area (Å²) in [5, 5.41) is 9.09. The Labute approximate surface area is 153 Å². The van der Waals surface area contributed by atoms with Crippen LogP contribution in [0.15, 0.2) is 23.1 Å². The molecule has 0 saturated carbocycles. The standard InChI is InChI=1S/C16H15ClN2O5S/c17-11-7-10(1-2-12(11)20)8-13-15(22)19(16(23)25-13)9-14(21)18-3-5-24-6-4-18/h1-2,7-8,20H,3-6,9H2/b13-8-. The van der Waals surface area contributed by atoms with Crippen LogP contribution in [0.4, 0.5) is 4.79 Å². The Hall–Kier alpha value is -2.03. The number of amides is 3. The summed E-state index contributed by atoms with van der Waals surface area (Å²) >= 11 is 6.61. The van der Waals surface area contributed by atoms with Crippen molar-refractivity contribution in [3.8, 4) is 5.75 Å². The molecule has 25 heavy (non-hydrogen) atoms. The number of ether oxygens (including phenoxy) is 1. The molecule has 0 atom stereocenters. The second-order valence-corrected chi connectivity index (χ2v) is 6.87. The molecule has 132 valence electrons. The number of carbonyl (C=O) groups is 3. The van der Waals surface area contributed by atoms with Crippen LogP contribution < -0.4 is 0 Å². The van der Waals surface area contributed by atoms with Gasteiger partial charge in [-0.15, -0.1) is 0 Å². The van der Waals surface area contributed by atoms with Gasteiger partial charge in [-0.05, 0) is 35.5 Å². The average Bonchev–Trinajstić information content (AvgIpc) is 2.86. The van der Waals surface area contributed by atoms with Gasteiger partial charge in [0.25, 0.3) is 11.1 Å². The van der Waals surface area contributed by atoms with Gasteiger partial charge < -0.3 is 14.7 Å². The van der Waals surface area contributed by atoms with E-state index in [1.54, 1.807) is 11.0 Å². The van der Waals surface area contributed by atoms with Crippen LogP contribution in [0.5, 0.6) is 5.75 Å². The molecule has 2 aliphatic heterocycles. The molecule has 0 aliphatic carbocycles. The summed E-state index contributed by atoms with van der Waals surface area (Å²) in [6, 6.07) is 4.47. The van der Waals surface area contributed by atoms with Gasteiger partial charge in [0.05, 0.1) is 23.1 Å². The molecular weight excluding hydrogens is 368 g/mol. The number of thioether (sulfide) groups is 1. The van der Waals surface area contributed by atoms with Crippen molar-refractivity contribution in [2.75, 3.05) is 32.8 Å². The average molecular weight is 383 g/mol. The molecule has 3 amide bonds. The number of rotatable bonds is 3. The van der Waals surface area contributed by atoms with Crippen LogP contribution in [0.3, 0.4) is 0 Å². The van der Waals surface area contributed by atoms with Crippen LogP contribution >= 0.6 is 23.4 Å². The number of morpholine rings is 1. The summed E-state index contributed by atoms with van der Waals surface area (Å²) in [6.45, 7) is 1.54. The lowest BCUT2D eigenvalue weighted by Crippen LogP contribution is -2.46. The molecule has 0 bridgehead atoms.